The first-order chi connectivity index (χ1) is 13.4. The highest BCUT2D eigenvalue weighted by molar-refractivity contribution is 9.11. The minimum absolute atomic E-state index is 0.0271. The molecule has 0 radical (unpaired) electrons. The third-order valence-corrected chi connectivity index (χ3v) is 5.91. The molecule has 4 nitrogen and oxygen atoms in total. The number of carbonyl (C=O) groups is 1. The van der Waals surface area contributed by atoms with Gasteiger partial charge in [0.1, 0.15) is 11.7 Å². The zero-order valence-corrected chi connectivity index (χ0v) is 16.7. The molecule has 3 atom stereocenters. The van der Waals surface area contributed by atoms with E-state index in [2.05, 4.69) is 21.2 Å². The fourth-order valence-electron chi connectivity index (χ4n) is 4.11. The number of fused-ring (bicyclic) bond motifs is 3. The molecule has 0 saturated heterocycles. The molecule has 2 heterocycles. The number of rotatable bonds is 4. The van der Waals surface area contributed by atoms with Gasteiger partial charge in [0, 0.05) is 16.2 Å². The van der Waals surface area contributed by atoms with Crippen molar-refractivity contribution in [2.24, 2.45) is 4.99 Å². The Morgan fingerprint density at radius 3 is 2.82 bits per heavy atom. The van der Waals surface area contributed by atoms with E-state index in [1.165, 1.54) is 12.1 Å². The molecule has 4 rings (SSSR count). The van der Waals surface area contributed by atoms with Crippen LogP contribution < -0.4 is 5.32 Å². The highest BCUT2D eigenvalue weighted by Gasteiger charge is 2.42. The van der Waals surface area contributed by atoms with E-state index in [9.17, 15) is 18.0 Å². The van der Waals surface area contributed by atoms with Crippen LogP contribution in [0.25, 0.3) is 0 Å². The lowest BCUT2D eigenvalue weighted by molar-refractivity contribution is -0.117. The van der Waals surface area contributed by atoms with Crippen molar-refractivity contribution >= 4 is 27.7 Å². The Bertz CT molecular complexity index is 912. The van der Waals surface area contributed by atoms with Gasteiger partial charge in [0.2, 0.25) is 0 Å². The molecule has 1 aliphatic carbocycles. The molecule has 1 aromatic carbocycles. The van der Waals surface area contributed by atoms with Gasteiger partial charge in [0.05, 0.1) is 29.3 Å². The first-order valence-electron chi connectivity index (χ1n) is 9.19. The lowest BCUT2D eigenvalue weighted by Gasteiger charge is -2.28. The van der Waals surface area contributed by atoms with Gasteiger partial charge in [-0.15, -0.1) is 0 Å². The van der Waals surface area contributed by atoms with Crippen molar-refractivity contribution in [1.29, 1.82) is 0 Å². The Morgan fingerprint density at radius 1 is 1.32 bits per heavy atom. The Kier molecular flexibility index (Phi) is 5.07. The molecule has 28 heavy (non-hydrogen) atoms. The van der Waals surface area contributed by atoms with Crippen LogP contribution in [0.2, 0.25) is 0 Å². The Labute approximate surface area is 169 Å². The van der Waals surface area contributed by atoms with Crippen molar-refractivity contribution in [3.63, 3.8) is 0 Å². The van der Waals surface area contributed by atoms with Crippen molar-refractivity contribution in [2.45, 2.75) is 50.7 Å². The Hall–Kier alpha value is -2.09. The van der Waals surface area contributed by atoms with Crippen LogP contribution in [-0.2, 0) is 4.79 Å². The van der Waals surface area contributed by atoms with E-state index in [4.69, 9.17) is 4.99 Å². The van der Waals surface area contributed by atoms with E-state index in [1.54, 1.807) is 13.0 Å². The highest BCUT2D eigenvalue weighted by Crippen LogP contribution is 2.37. The number of hydrogen-bond donors (Lipinski definition) is 1. The maximum atomic E-state index is 14.4. The maximum absolute atomic E-state index is 14.4. The van der Waals surface area contributed by atoms with Gasteiger partial charge in [0.15, 0.2) is 0 Å². The predicted molar refractivity (Wildman–Crippen MR) is 104 cm³/mol. The lowest BCUT2D eigenvalue weighted by atomic mass is 10.0. The third kappa shape index (κ3) is 3.27. The minimum Gasteiger partial charge on any atom is -0.345 e. The summed E-state index contributed by atoms with van der Waals surface area (Å²) in [4.78, 5) is 19.7. The number of nitrogens with one attached hydrogen (secondary N) is 1. The van der Waals surface area contributed by atoms with Crippen molar-refractivity contribution in [1.82, 2.24) is 10.2 Å². The number of halogens is 4. The van der Waals surface area contributed by atoms with Crippen LogP contribution in [0.15, 0.2) is 45.5 Å². The van der Waals surface area contributed by atoms with Crippen molar-refractivity contribution in [2.75, 3.05) is 0 Å². The first kappa shape index (κ1) is 19.2. The van der Waals surface area contributed by atoms with E-state index in [0.29, 0.717) is 11.4 Å². The van der Waals surface area contributed by atoms with E-state index < -0.39 is 29.8 Å². The zero-order chi connectivity index (χ0) is 20.0. The topological polar surface area (TPSA) is 44.7 Å². The summed E-state index contributed by atoms with van der Waals surface area (Å²) in [5, 5.41) is 2.72. The van der Waals surface area contributed by atoms with Gasteiger partial charge >= 0.3 is 0 Å². The van der Waals surface area contributed by atoms with E-state index >= 15 is 0 Å². The molecule has 1 N–H and O–H groups in total. The predicted octanol–water partition coefficient (Wildman–Crippen LogP) is 4.75. The smallest absolute Gasteiger partial charge is 0.266 e. The van der Waals surface area contributed by atoms with Crippen LogP contribution >= 0.6 is 15.9 Å². The van der Waals surface area contributed by atoms with Crippen LogP contribution in [0.4, 0.5) is 13.2 Å². The summed E-state index contributed by atoms with van der Waals surface area (Å²) < 4.78 is 41.1. The van der Waals surface area contributed by atoms with Gasteiger partial charge < -0.3 is 10.2 Å². The lowest BCUT2D eigenvalue weighted by Crippen LogP contribution is -2.40. The second-order valence-electron chi connectivity index (χ2n) is 7.24. The number of aliphatic imine (C=N–C) groups is 1. The zero-order valence-electron chi connectivity index (χ0n) is 15.1. The van der Waals surface area contributed by atoms with Crippen LogP contribution in [0.5, 0.6) is 0 Å². The number of hydrogen-bond acceptors (Lipinski definition) is 3. The SMILES string of the molecule is C[C@@H](NC(=O)C1=CC(Br)=CN2C1=N[C@@H]1CCC[C@@H]12)c1cccc(C(F)F)c1F. The van der Waals surface area contributed by atoms with Crippen LogP contribution in [0.1, 0.15) is 49.8 Å². The van der Waals surface area contributed by atoms with Crippen molar-refractivity contribution in [3.8, 4) is 0 Å². The molecular weight excluding hydrogens is 435 g/mol. The molecule has 1 fully saturated rings. The molecule has 2 aliphatic heterocycles. The van der Waals surface area contributed by atoms with Crippen LogP contribution in [-0.4, -0.2) is 28.7 Å². The molecule has 8 heteroatoms. The summed E-state index contributed by atoms with van der Waals surface area (Å²) in [6, 6.07) is 3.49. The number of amidine groups is 1. The average molecular weight is 454 g/mol. The third-order valence-electron chi connectivity index (χ3n) is 5.47. The monoisotopic (exact) mass is 453 g/mol. The molecule has 3 aliphatic rings. The van der Waals surface area contributed by atoms with Gasteiger partial charge in [-0.25, -0.2) is 13.2 Å². The average Bonchev–Trinajstić information content (AvgIpc) is 3.22. The summed E-state index contributed by atoms with van der Waals surface area (Å²) in [6.45, 7) is 1.57. The molecule has 0 unspecified atom stereocenters. The molecule has 0 aromatic heterocycles. The van der Waals surface area contributed by atoms with Gasteiger partial charge in [-0.3, -0.25) is 9.79 Å². The highest BCUT2D eigenvalue weighted by atomic mass is 79.9. The van der Waals surface area contributed by atoms with Crippen molar-refractivity contribution < 1.29 is 18.0 Å². The van der Waals surface area contributed by atoms with E-state index in [-0.39, 0.29) is 17.6 Å². The molecular formula is C20H19BrF3N3O. The first-order valence-corrected chi connectivity index (χ1v) is 9.99. The number of benzene rings is 1. The molecule has 1 amide bonds. The fourth-order valence-corrected chi connectivity index (χ4v) is 4.55. The number of amides is 1. The molecule has 1 saturated carbocycles. The summed E-state index contributed by atoms with van der Waals surface area (Å²) in [7, 11) is 0. The summed E-state index contributed by atoms with van der Waals surface area (Å²) >= 11 is 3.44. The Morgan fingerprint density at radius 2 is 2.07 bits per heavy atom. The largest absolute Gasteiger partial charge is 0.345 e. The summed E-state index contributed by atoms with van der Waals surface area (Å²) in [5.41, 5.74) is -0.249. The van der Waals surface area contributed by atoms with Gasteiger partial charge in [-0.05, 0) is 48.2 Å². The molecule has 148 valence electrons. The number of allylic oxidation sites excluding steroid dienone is 2. The second-order valence-corrected chi connectivity index (χ2v) is 8.16. The van der Waals surface area contributed by atoms with Gasteiger partial charge in [-0.1, -0.05) is 18.2 Å². The van der Waals surface area contributed by atoms with Crippen LogP contribution in [0.3, 0.4) is 0 Å². The number of alkyl halides is 2. The standard InChI is InChI=1S/C20H19BrF3N3O/c1-10(12-4-2-5-13(17(12)22)18(23)24)25-20(28)14-8-11(21)9-27-16-7-3-6-15(16)26-19(14)27/h2,4-5,8-10,15-16,18H,3,6-7H2,1H3,(H,25,28)/t10-,15-,16+/m1/s1. The van der Waals surface area contributed by atoms with Crippen molar-refractivity contribution in [3.05, 3.63) is 57.5 Å². The number of nitrogens with zero attached hydrogens (tertiary/aromatic N) is 2. The quantitative estimate of drug-likeness (QED) is 0.714. The van der Waals surface area contributed by atoms with Gasteiger partial charge in [-0.2, -0.15) is 0 Å². The minimum atomic E-state index is -2.91. The van der Waals surface area contributed by atoms with E-state index in [0.717, 1.165) is 29.8 Å². The second kappa shape index (κ2) is 7.39. The molecule has 0 bridgehead atoms. The fraction of sp³-hybridized carbons (Fsp3) is 0.400. The summed E-state index contributed by atoms with van der Waals surface area (Å²) in [6.07, 6.45) is 3.82. The maximum Gasteiger partial charge on any atom is 0.266 e. The van der Waals surface area contributed by atoms with E-state index in [1.807, 2.05) is 11.1 Å². The van der Waals surface area contributed by atoms with Gasteiger partial charge in [0.25, 0.3) is 12.3 Å². The summed E-state index contributed by atoms with van der Waals surface area (Å²) in [5.74, 6) is -0.786. The number of carbonyl (C=O) groups excluding carboxylic acids is 1. The molecule has 0 spiro atoms. The Balaban J connectivity index is 1.57. The van der Waals surface area contributed by atoms with Crippen LogP contribution in [0, 0.1) is 5.82 Å². The molecule has 1 aromatic rings. The normalized spacial score (nSPS) is 24.4.